The Morgan fingerprint density at radius 1 is 1.08 bits per heavy atom. The number of sulfone groups is 1. The molecular formula is C26H28F3N3O4S. The molecule has 1 aliphatic rings. The van der Waals surface area contributed by atoms with E-state index in [0.29, 0.717) is 43.1 Å². The van der Waals surface area contributed by atoms with Crippen LogP contribution in [0.25, 0.3) is 0 Å². The summed E-state index contributed by atoms with van der Waals surface area (Å²) >= 11 is 0. The zero-order valence-corrected chi connectivity index (χ0v) is 21.1. The highest BCUT2D eigenvalue weighted by Gasteiger charge is 2.32. The summed E-state index contributed by atoms with van der Waals surface area (Å²) in [6, 6.07) is 14.2. The SMILES string of the molecule is CS(=O)(=O)c1ccccc1CN1CCC(N(Cc2ccco2)C(=O)Nc2cccc(C(F)(F)F)c2)CC1. The maximum absolute atomic E-state index is 13.2. The van der Waals surface area contributed by atoms with E-state index < -0.39 is 27.6 Å². The van der Waals surface area contributed by atoms with Gasteiger partial charge in [-0.2, -0.15) is 13.2 Å². The first kappa shape index (κ1) is 26.7. The Morgan fingerprint density at radius 2 is 1.81 bits per heavy atom. The standard InChI is InChI=1S/C26H28F3N3O4S/c1-37(34,35)24-10-3-2-6-19(24)17-31-13-11-22(12-14-31)32(18-23-9-5-15-36-23)25(33)30-21-8-4-7-20(16-21)26(27,28)29/h2-10,15-16,22H,11-14,17-18H2,1H3,(H,30,33). The number of likely N-dealkylation sites (tertiary alicyclic amines) is 1. The third-order valence-electron chi connectivity index (χ3n) is 6.37. The summed E-state index contributed by atoms with van der Waals surface area (Å²) in [6.07, 6.45) is -0.611. The molecule has 3 aromatic rings. The van der Waals surface area contributed by atoms with Gasteiger partial charge in [0, 0.05) is 37.6 Å². The highest BCUT2D eigenvalue weighted by molar-refractivity contribution is 7.90. The Bertz CT molecular complexity index is 1320. The van der Waals surface area contributed by atoms with Gasteiger partial charge in [0.05, 0.1) is 23.3 Å². The predicted octanol–water partition coefficient (Wildman–Crippen LogP) is 5.40. The Balaban J connectivity index is 1.46. The number of piperidine rings is 1. The molecule has 0 unspecified atom stereocenters. The monoisotopic (exact) mass is 535 g/mol. The zero-order valence-electron chi connectivity index (χ0n) is 20.2. The molecule has 0 aliphatic carbocycles. The maximum atomic E-state index is 13.2. The number of furan rings is 1. The number of nitrogens with one attached hydrogen (secondary N) is 1. The Kier molecular flexibility index (Phi) is 7.93. The van der Waals surface area contributed by atoms with E-state index in [1.807, 2.05) is 0 Å². The molecule has 1 saturated heterocycles. The van der Waals surface area contributed by atoms with E-state index in [-0.39, 0.29) is 18.3 Å². The van der Waals surface area contributed by atoms with E-state index in [0.717, 1.165) is 17.7 Å². The van der Waals surface area contributed by atoms with Crippen LogP contribution in [0.4, 0.5) is 23.7 Å². The number of rotatable bonds is 7. The minimum Gasteiger partial charge on any atom is -0.467 e. The fourth-order valence-electron chi connectivity index (χ4n) is 4.53. The van der Waals surface area contributed by atoms with Crippen molar-refractivity contribution < 1.29 is 30.8 Å². The van der Waals surface area contributed by atoms with Gasteiger partial charge >= 0.3 is 12.2 Å². The minimum atomic E-state index is -4.52. The van der Waals surface area contributed by atoms with Gasteiger partial charge in [0.2, 0.25) is 0 Å². The number of benzene rings is 2. The summed E-state index contributed by atoms with van der Waals surface area (Å²) in [5.41, 5.74) is -0.0668. The van der Waals surface area contributed by atoms with Crippen molar-refractivity contribution in [3.8, 4) is 0 Å². The summed E-state index contributed by atoms with van der Waals surface area (Å²) in [4.78, 5) is 17.3. The number of hydrogen-bond acceptors (Lipinski definition) is 5. The smallest absolute Gasteiger partial charge is 0.416 e. The molecule has 2 amide bonds. The van der Waals surface area contributed by atoms with Crippen molar-refractivity contribution in [3.05, 3.63) is 83.8 Å². The molecule has 1 N–H and O–H groups in total. The van der Waals surface area contributed by atoms with Crippen LogP contribution in [-0.2, 0) is 29.1 Å². The Morgan fingerprint density at radius 3 is 2.46 bits per heavy atom. The van der Waals surface area contributed by atoms with Crippen LogP contribution in [-0.4, -0.2) is 49.6 Å². The number of amides is 2. The van der Waals surface area contributed by atoms with Crippen LogP contribution < -0.4 is 5.32 Å². The molecule has 1 aliphatic heterocycles. The van der Waals surface area contributed by atoms with Crippen LogP contribution in [0, 0.1) is 0 Å². The van der Waals surface area contributed by atoms with E-state index in [9.17, 15) is 26.4 Å². The van der Waals surface area contributed by atoms with Gasteiger partial charge in [0.25, 0.3) is 0 Å². The van der Waals surface area contributed by atoms with Crippen molar-refractivity contribution in [2.24, 2.45) is 0 Å². The summed E-state index contributed by atoms with van der Waals surface area (Å²) < 4.78 is 69.1. The van der Waals surface area contributed by atoms with Crippen LogP contribution in [0.15, 0.2) is 76.2 Å². The minimum absolute atomic E-state index is 0.0547. The van der Waals surface area contributed by atoms with Gasteiger partial charge in [0.1, 0.15) is 5.76 Å². The van der Waals surface area contributed by atoms with Crippen LogP contribution in [0.1, 0.15) is 29.7 Å². The summed E-state index contributed by atoms with van der Waals surface area (Å²) in [7, 11) is -3.36. The van der Waals surface area contributed by atoms with E-state index >= 15 is 0 Å². The van der Waals surface area contributed by atoms with E-state index in [1.54, 1.807) is 41.3 Å². The predicted molar refractivity (Wildman–Crippen MR) is 133 cm³/mol. The molecule has 1 aromatic heterocycles. The lowest BCUT2D eigenvalue weighted by Gasteiger charge is -2.38. The molecule has 4 rings (SSSR count). The number of carbonyl (C=O) groups excluding carboxylic acids is 1. The van der Waals surface area contributed by atoms with Crippen LogP contribution in [0.3, 0.4) is 0 Å². The molecule has 37 heavy (non-hydrogen) atoms. The topological polar surface area (TPSA) is 82.9 Å². The van der Waals surface area contributed by atoms with Gasteiger partial charge in [0.15, 0.2) is 9.84 Å². The molecular weight excluding hydrogens is 507 g/mol. The number of anilines is 1. The highest BCUT2D eigenvalue weighted by Crippen LogP contribution is 2.31. The Labute approximate surface area is 213 Å². The van der Waals surface area contributed by atoms with Gasteiger partial charge in [-0.3, -0.25) is 4.90 Å². The molecule has 198 valence electrons. The van der Waals surface area contributed by atoms with Gasteiger partial charge in [-0.1, -0.05) is 24.3 Å². The normalized spacial score (nSPS) is 15.5. The summed E-state index contributed by atoms with van der Waals surface area (Å²) in [6.45, 7) is 1.87. The van der Waals surface area contributed by atoms with Gasteiger partial charge in [-0.25, -0.2) is 13.2 Å². The van der Waals surface area contributed by atoms with E-state index in [1.165, 1.54) is 24.7 Å². The van der Waals surface area contributed by atoms with E-state index in [2.05, 4.69) is 10.2 Å². The molecule has 0 spiro atoms. The summed E-state index contributed by atoms with van der Waals surface area (Å²) in [5.74, 6) is 0.559. The number of halogens is 3. The molecule has 0 bridgehead atoms. The lowest BCUT2D eigenvalue weighted by atomic mass is 10.0. The molecule has 0 atom stereocenters. The first-order valence-corrected chi connectivity index (χ1v) is 13.7. The van der Waals surface area contributed by atoms with Crippen LogP contribution >= 0.6 is 0 Å². The van der Waals surface area contributed by atoms with Crippen molar-refractivity contribution in [3.63, 3.8) is 0 Å². The molecule has 2 aromatic carbocycles. The molecule has 2 heterocycles. The van der Waals surface area contributed by atoms with Gasteiger partial charge < -0.3 is 14.6 Å². The van der Waals surface area contributed by atoms with Crippen LogP contribution in [0.5, 0.6) is 0 Å². The van der Waals surface area contributed by atoms with Crippen molar-refractivity contribution in [1.29, 1.82) is 0 Å². The van der Waals surface area contributed by atoms with Gasteiger partial charge in [-0.15, -0.1) is 0 Å². The number of nitrogens with zero attached hydrogens (tertiary/aromatic N) is 2. The second kappa shape index (κ2) is 11.0. The first-order chi connectivity index (χ1) is 17.5. The summed E-state index contributed by atoms with van der Waals surface area (Å²) in [5, 5.41) is 2.60. The quantitative estimate of drug-likeness (QED) is 0.438. The van der Waals surface area contributed by atoms with Crippen molar-refractivity contribution >= 4 is 21.6 Å². The first-order valence-electron chi connectivity index (χ1n) is 11.8. The van der Waals surface area contributed by atoms with E-state index in [4.69, 9.17) is 4.42 Å². The maximum Gasteiger partial charge on any atom is 0.416 e. The molecule has 7 nitrogen and oxygen atoms in total. The van der Waals surface area contributed by atoms with Crippen molar-refractivity contribution in [1.82, 2.24) is 9.80 Å². The third-order valence-corrected chi connectivity index (χ3v) is 7.57. The highest BCUT2D eigenvalue weighted by atomic mass is 32.2. The van der Waals surface area contributed by atoms with Crippen molar-refractivity contribution in [2.75, 3.05) is 24.7 Å². The fourth-order valence-corrected chi connectivity index (χ4v) is 5.47. The average Bonchev–Trinajstić information content (AvgIpc) is 3.36. The zero-order chi connectivity index (χ0) is 26.6. The number of carbonyl (C=O) groups is 1. The lowest BCUT2D eigenvalue weighted by molar-refractivity contribution is -0.137. The number of urea groups is 1. The molecule has 11 heteroatoms. The number of hydrogen-bond donors (Lipinski definition) is 1. The average molecular weight is 536 g/mol. The fraction of sp³-hybridized carbons (Fsp3) is 0.346. The third kappa shape index (κ3) is 6.92. The second-order valence-corrected chi connectivity index (χ2v) is 11.1. The van der Waals surface area contributed by atoms with Gasteiger partial charge in [-0.05, 0) is 54.8 Å². The second-order valence-electron chi connectivity index (χ2n) is 9.10. The largest absolute Gasteiger partial charge is 0.467 e. The van der Waals surface area contributed by atoms with Crippen LogP contribution in [0.2, 0.25) is 0 Å². The van der Waals surface area contributed by atoms with Crippen molar-refractivity contribution in [2.45, 2.75) is 43.0 Å². The number of alkyl halides is 3. The Hall–Kier alpha value is -3.31. The molecule has 0 radical (unpaired) electrons. The molecule has 0 saturated carbocycles. The molecule has 1 fully saturated rings. The lowest BCUT2D eigenvalue weighted by Crippen LogP contribution is -2.48.